The Hall–Kier alpha value is -2.31. The highest BCUT2D eigenvalue weighted by Gasteiger charge is 2.71. The van der Waals surface area contributed by atoms with Gasteiger partial charge in [0.1, 0.15) is 0 Å². The van der Waals surface area contributed by atoms with Crippen LogP contribution in [0.25, 0.3) is 0 Å². The summed E-state index contributed by atoms with van der Waals surface area (Å²) in [6, 6.07) is 11.0. The molecule has 0 amide bonds. The minimum atomic E-state index is -5.95. The average molecular weight is 468 g/mol. The standard InChI is InChI=1S/C19H18F6N2O3S/c20-18(21,22)17(28,19(23,24)25)14-6-8-15(9-7-14)26-10-12-27(13-11-26)31(29,30)16-4-2-1-3-5-16/h1-9,28H,10-13H2. The maximum absolute atomic E-state index is 13.0. The van der Waals surface area contributed by atoms with Crippen LogP contribution in [0.2, 0.25) is 0 Å². The molecule has 1 saturated heterocycles. The first-order valence-corrected chi connectivity index (χ1v) is 10.5. The highest BCUT2D eigenvalue weighted by Crippen LogP contribution is 2.50. The van der Waals surface area contributed by atoms with Crippen molar-refractivity contribution in [2.24, 2.45) is 0 Å². The Morgan fingerprint density at radius 1 is 0.742 bits per heavy atom. The second kappa shape index (κ2) is 7.99. The van der Waals surface area contributed by atoms with Crippen LogP contribution >= 0.6 is 0 Å². The Morgan fingerprint density at radius 3 is 1.68 bits per heavy atom. The molecule has 1 aliphatic heterocycles. The first-order chi connectivity index (χ1) is 14.3. The first-order valence-electron chi connectivity index (χ1n) is 9.05. The number of halogens is 6. The summed E-state index contributed by atoms with van der Waals surface area (Å²) in [4.78, 5) is 1.77. The quantitative estimate of drug-likeness (QED) is 0.698. The van der Waals surface area contributed by atoms with Crippen LogP contribution in [-0.4, -0.2) is 56.4 Å². The molecule has 1 aliphatic rings. The Labute approximate surface area is 174 Å². The fraction of sp³-hybridized carbons (Fsp3) is 0.368. The van der Waals surface area contributed by atoms with Crippen LogP contribution < -0.4 is 4.90 Å². The topological polar surface area (TPSA) is 60.9 Å². The summed E-state index contributed by atoms with van der Waals surface area (Å²) in [6.45, 7) is 0.560. The number of sulfonamides is 1. The van der Waals surface area contributed by atoms with Gasteiger partial charge in [-0.15, -0.1) is 0 Å². The third kappa shape index (κ3) is 4.23. The van der Waals surface area contributed by atoms with Gasteiger partial charge in [0.2, 0.25) is 10.0 Å². The lowest BCUT2D eigenvalue weighted by atomic mass is 9.92. The lowest BCUT2D eigenvalue weighted by Gasteiger charge is -2.36. The van der Waals surface area contributed by atoms with Crippen molar-refractivity contribution in [2.75, 3.05) is 31.1 Å². The maximum atomic E-state index is 13.0. The molecule has 2 aromatic rings. The van der Waals surface area contributed by atoms with E-state index >= 15 is 0 Å². The number of piperazine rings is 1. The van der Waals surface area contributed by atoms with E-state index < -0.39 is 33.5 Å². The lowest BCUT2D eigenvalue weighted by Crippen LogP contribution is -2.54. The number of hydrogen-bond acceptors (Lipinski definition) is 4. The smallest absolute Gasteiger partial charge is 0.369 e. The molecule has 0 spiro atoms. The second-order valence-electron chi connectivity index (χ2n) is 6.96. The first kappa shape index (κ1) is 23.4. The van der Waals surface area contributed by atoms with Gasteiger partial charge in [-0.25, -0.2) is 8.42 Å². The zero-order valence-corrected chi connectivity index (χ0v) is 16.7. The Morgan fingerprint density at radius 2 is 1.23 bits per heavy atom. The summed E-state index contributed by atoms with van der Waals surface area (Å²) >= 11 is 0. The maximum Gasteiger partial charge on any atom is 0.430 e. The van der Waals surface area contributed by atoms with E-state index in [1.165, 1.54) is 16.4 Å². The summed E-state index contributed by atoms with van der Waals surface area (Å²) in [5, 5.41) is 9.45. The summed E-state index contributed by atoms with van der Waals surface area (Å²) in [5.41, 5.74) is -6.02. The molecule has 0 saturated carbocycles. The Bertz CT molecular complexity index is 986. The molecule has 2 aromatic carbocycles. The Kier molecular flexibility index (Phi) is 6.02. The molecule has 3 rings (SSSR count). The highest BCUT2D eigenvalue weighted by molar-refractivity contribution is 7.89. The zero-order valence-electron chi connectivity index (χ0n) is 15.9. The van der Waals surface area contributed by atoms with Crippen molar-refractivity contribution in [2.45, 2.75) is 22.8 Å². The molecule has 31 heavy (non-hydrogen) atoms. The van der Waals surface area contributed by atoms with Crippen molar-refractivity contribution >= 4 is 15.7 Å². The van der Waals surface area contributed by atoms with E-state index in [1.807, 2.05) is 0 Å². The highest BCUT2D eigenvalue weighted by atomic mass is 32.2. The minimum Gasteiger partial charge on any atom is -0.369 e. The van der Waals surface area contributed by atoms with Gasteiger partial charge < -0.3 is 10.0 Å². The number of nitrogens with zero attached hydrogens (tertiary/aromatic N) is 2. The van der Waals surface area contributed by atoms with Gasteiger partial charge in [0, 0.05) is 37.4 Å². The summed E-state index contributed by atoms with van der Waals surface area (Å²) in [7, 11) is -3.70. The molecule has 0 atom stereocenters. The molecule has 0 radical (unpaired) electrons. The number of alkyl halides is 6. The van der Waals surface area contributed by atoms with Gasteiger partial charge in [0.25, 0.3) is 5.60 Å². The fourth-order valence-corrected chi connectivity index (χ4v) is 4.77. The lowest BCUT2D eigenvalue weighted by molar-refractivity contribution is -0.376. The van der Waals surface area contributed by atoms with Gasteiger partial charge in [-0.3, -0.25) is 0 Å². The van der Waals surface area contributed by atoms with Crippen molar-refractivity contribution < 1.29 is 39.9 Å². The number of anilines is 1. The normalized spacial score (nSPS) is 17.1. The van der Waals surface area contributed by atoms with E-state index in [0.717, 1.165) is 12.1 Å². The minimum absolute atomic E-state index is 0.0913. The average Bonchev–Trinajstić information content (AvgIpc) is 2.72. The summed E-state index contributed by atoms with van der Waals surface area (Å²) in [6.07, 6.45) is -11.9. The van der Waals surface area contributed by atoms with E-state index in [4.69, 9.17) is 0 Å². The van der Waals surface area contributed by atoms with Gasteiger partial charge in [-0.2, -0.15) is 30.6 Å². The van der Waals surface area contributed by atoms with Gasteiger partial charge in [-0.05, 0) is 24.3 Å². The number of hydrogen-bond donors (Lipinski definition) is 1. The van der Waals surface area contributed by atoms with Crippen LogP contribution in [0.15, 0.2) is 59.5 Å². The van der Waals surface area contributed by atoms with Crippen molar-refractivity contribution in [3.05, 3.63) is 60.2 Å². The predicted molar refractivity (Wildman–Crippen MR) is 99.9 cm³/mol. The van der Waals surface area contributed by atoms with E-state index in [2.05, 4.69) is 0 Å². The summed E-state index contributed by atoms with van der Waals surface area (Å²) in [5.74, 6) is 0. The predicted octanol–water partition coefficient (Wildman–Crippen LogP) is 3.51. The molecule has 0 aromatic heterocycles. The van der Waals surface area contributed by atoms with Crippen molar-refractivity contribution in [3.8, 4) is 0 Å². The van der Waals surface area contributed by atoms with E-state index in [-0.39, 0.29) is 31.1 Å². The zero-order chi connectivity index (χ0) is 23.1. The molecule has 0 unspecified atom stereocenters. The van der Waals surface area contributed by atoms with E-state index in [9.17, 15) is 39.9 Å². The largest absolute Gasteiger partial charge is 0.430 e. The van der Waals surface area contributed by atoms with E-state index in [0.29, 0.717) is 17.8 Å². The molecule has 170 valence electrons. The molecule has 5 nitrogen and oxygen atoms in total. The van der Waals surface area contributed by atoms with Crippen LogP contribution in [0.4, 0.5) is 32.0 Å². The number of rotatable bonds is 4. The van der Waals surface area contributed by atoms with Crippen molar-refractivity contribution in [3.63, 3.8) is 0 Å². The molecule has 0 aliphatic carbocycles. The summed E-state index contributed by atoms with van der Waals surface area (Å²) < 4.78 is 105. The molecule has 1 fully saturated rings. The van der Waals surface area contributed by atoms with Crippen LogP contribution in [0.1, 0.15) is 5.56 Å². The van der Waals surface area contributed by atoms with Gasteiger partial charge >= 0.3 is 12.4 Å². The third-order valence-electron chi connectivity index (χ3n) is 5.09. The molecular weight excluding hydrogens is 450 g/mol. The van der Waals surface area contributed by atoms with Crippen LogP contribution in [0, 0.1) is 0 Å². The Balaban J connectivity index is 1.75. The van der Waals surface area contributed by atoms with Crippen LogP contribution in [0.5, 0.6) is 0 Å². The number of aliphatic hydroxyl groups is 1. The van der Waals surface area contributed by atoms with Gasteiger partial charge in [0.05, 0.1) is 4.90 Å². The monoisotopic (exact) mass is 468 g/mol. The molecule has 0 bridgehead atoms. The SMILES string of the molecule is O=S(=O)(c1ccccc1)N1CCN(c2ccc(C(O)(C(F)(F)F)C(F)(F)F)cc2)CC1. The second-order valence-corrected chi connectivity index (χ2v) is 8.89. The molecule has 1 heterocycles. The molecule has 12 heteroatoms. The van der Waals surface area contributed by atoms with E-state index in [1.54, 1.807) is 23.1 Å². The fourth-order valence-electron chi connectivity index (χ4n) is 3.33. The van der Waals surface area contributed by atoms with Crippen LogP contribution in [-0.2, 0) is 15.6 Å². The van der Waals surface area contributed by atoms with Gasteiger partial charge in [-0.1, -0.05) is 30.3 Å². The molecule has 1 N–H and O–H groups in total. The molecular formula is C19H18F6N2O3S. The van der Waals surface area contributed by atoms with Gasteiger partial charge in [0.15, 0.2) is 0 Å². The van der Waals surface area contributed by atoms with Crippen molar-refractivity contribution in [1.29, 1.82) is 0 Å². The third-order valence-corrected chi connectivity index (χ3v) is 7.00. The van der Waals surface area contributed by atoms with Crippen molar-refractivity contribution in [1.82, 2.24) is 4.31 Å². The van der Waals surface area contributed by atoms with Crippen LogP contribution in [0.3, 0.4) is 0 Å². The number of benzene rings is 2.